The Bertz CT molecular complexity index is 61.1. The maximum Gasteiger partial charge on any atom is 0.0825 e. The van der Waals surface area contributed by atoms with Gasteiger partial charge >= 0.3 is 0 Å². The molecule has 61 valence electrons. The summed E-state index contributed by atoms with van der Waals surface area (Å²) in [5.41, 5.74) is 0. The minimum absolute atomic E-state index is 0.0925. The van der Waals surface area contributed by atoms with Gasteiger partial charge in [-0.05, 0) is 18.3 Å². The summed E-state index contributed by atoms with van der Waals surface area (Å²) < 4.78 is 0. The van der Waals surface area contributed by atoms with E-state index in [9.17, 15) is 5.11 Å². The highest BCUT2D eigenvalue weighted by molar-refractivity contribution is 4.60. The van der Waals surface area contributed by atoms with Crippen molar-refractivity contribution in [1.82, 2.24) is 0 Å². The van der Waals surface area contributed by atoms with E-state index in [4.69, 9.17) is 0 Å². The van der Waals surface area contributed by atoms with E-state index >= 15 is 0 Å². The highest BCUT2D eigenvalue weighted by Gasteiger charge is 2.09. The van der Waals surface area contributed by atoms with Gasteiger partial charge in [0.15, 0.2) is 0 Å². The second-order valence-electron chi connectivity index (χ2n) is 3.24. The SMILES string of the molecule is CCCC(C)C(C)CC[O]. The highest BCUT2D eigenvalue weighted by Crippen LogP contribution is 2.18. The lowest BCUT2D eigenvalue weighted by Crippen LogP contribution is -2.08. The average molecular weight is 143 g/mol. The Labute approximate surface area is 64.5 Å². The van der Waals surface area contributed by atoms with Crippen molar-refractivity contribution in [2.24, 2.45) is 11.8 Å². The molecule has 1 radical (unpaired) electrons. The molecule has 1 nitrogen and oxygen atoms in total. The summed E-state index contributed by atoms with van der Waals surface area (Å²) in [6.07, 6.45) is 3.35. The molecule has 0 aliphatic carbocycles. The van der Waals surface area contributed by atoms with Gasteiger partial charge in [-0.2, -0.15) is 0 Å². The van der Waals surface area contributed by atoms with Crippen molar-refractivity contribution < 1.29 is 5.11 Å². The normalized spacial score (nSPS) is 16.8. The second kappa shape index (κ2) is 5.72. The molecule has 0 aromatic carbocycles. The third kappa shape index (κ3) is 3.89. The van der Waals surface area contributed by atoms with Crippen molar-refractivity contribution in [2.75, 3.05) is 6.61 Å². The van der Waals surface area contributed by atoms with Gasteiger partial charge in [-0.25, -0.2) is 5.11 Å². The summed E-state index contributed by atoms with van der Waals surface area (Å²) in [6.45, 7) is 6.71. The number of rotatable bonds is 5. The number of hydrogen-bond donors (Lipinski definition) is 0. The van der Waals surface area contributed by atoms with E-state index in [1.54, 1.807) is 0 Å². The van der Waals surface area contributed by atoms with Gasteiger partial charge in [0.05, 0.1) is 6.61 Å². The van der Waals surface area contributed by atoms with E-state index in [1.165, 1.54) is 12.8 Å². The van der Waals surface area contributed by atoms with E-state index in [0.29, 0.717) is 5.92 Å². The predicted molar refractivity (Wildman–Crippen MR) is 43.4 cm³/mol. The number of hydrogen-bond acceptors (Lipinski definition) is 0. The van der Waals surface area contributed by atoms with E-state index in [2.05, 4.69) is 20.8 Å². The predicted octanol–water partition coefficient (Wildman–Crippen LogP) is 2.88. The molecule has 0 aromatic rings. The zero-order chi connectivity index (χ0) is 7.98. The first-order valence-corrected chi connectivity index (χ1v) is 4.30. The van der Waals surface area contributed by atoms with Crippen LogP contribution in [0.5, 0.6) is 0 Å². The Hall–Kier alpha value is -0.0400. The van der Waals surface area contributed by atoms with Gasteiger partial charge in [-0.3, -0.25) is 0 Å². The molecule has 1 heteroatoms. The molecule has 0 heterocycles. The van der Waals surface area contributed by atoms with Crippen LogP contribution in [0, 0.1) is 11.8 Å². The Morgan fingerprint density at radius 2 is 1.60 bits per heavy atom. The Kier molecular flexibility index (Phi) is 5.70. The van der Waals surface area contributed by atoms with E-state index in [0.717, 1.165) is 12.3 Å². The van der Waals surface area contributed by atoms with Crippen LogP contribution in [0.3, 0.4) is 0 Å². The highest BCUT2D eigenvalue weighted by atomic mass is 16.3. The lowest BCUT2D eigenvalue weighted by molar-refractivity contribution is 0.158. The van der Waals surface area contributed by atoms with Crippen molar-refractivity contribution in [3.63, 3.8) is 0 Å². The molecule has 0 N–H and O–H groups in total. The van der Waals surface area contributed by atoms with Crippen LogP contribution < -0.4 is 0 Å². The van der Waals surface area contributed by atoms with Gasteiger partial charge in [0, 0.05) is 0 Å². The third-order valence-corrected chi connectivity index (χ3v) is 2.29. The lowest BCUT2D eigenvalue weighted by Gasteiger charge is -2.17. The van der Waals surface area contributed by atoms with Crippen LogP contribution >= 0.6 is 0 Å². The summed E-state index contributed by atoms with van der Waals surface area (Å²) in [4.78, 5) is 0. The van der Waals surface area contributed by atoms with Crippen LogP contribution in [-0.2, 0) is 5.11 Å². The van der Waals surface area contributed by atoms with Gasteiger partial charge in [-0.15, -0.1) is 0 Å². The molecule has 0 fully saturated rings. The summed E-state index contributed by atoms with van der Waals surface area (Å²) >= 11 is 0. The second-order valence-corrected chi connectivity index (χ2v) is 3.24. The zero-order valence-corrected chi connectivity index (χ0v) is 7.39. The van der Waals surface area contributed by atoms with Crippen molar-refractivity contribution >= 4 is 0 Å². The fourth-order valence-corrected chi connectivity index (χ4v) is 1.21. The monoisotopic (exact) mass is 143 g/mol. The molecule has 0 bridgehead atoms. The zero-order valence-electron chi connectivity index (χ0n) is 7.39. The lowest BCUT2D eigenvalue weighted by atomic mass is 9.90. The Balaban J connectivity index is 3.38. The Morgan fingerprint density at radius 3 is 2.00 bits per heavy atom. The van der Waals surface area contributed by atoms with Crippen molar-refractivity contribution in [3.8, 4) is 0 Å². The van der Waals surface area contributed by atoms with E-state index in [1.807, 2.05) is 0 Å². The summed E-state index contributed by atoms with van der Waals surface area (Å²) in [5, 5.41) is 10.2. The first kappa shape index (κ1) is 9.96. The molecular weight excluding hydrogens is 124 g/mol. The maximum absolute atomic E-state index is 10.2. The molecule has 0 saturated carbocycles. The largest absolute Gasteiger partial charge is 0.237 e. The Morgan fingerprint density at radius 1 is 1.10 bits per heavy atom. The van der Waals surface area contributed by atoms with E-state index in [-0.39, 0.29) is 6.61 Å². The molecule has 2 unspecified atom stereocenters. The van der Waals surface area contributed by atoms with Gasteiger partial charge < -0.3 is 0 Å². The van der Waals surface area contributed by atoms with Crippen molar-refractivity contribution in [1.29, 1.82) is 0 Å². The molecule has 0 amide bonds. The van der Waals surface area contributed by atoms with E-state index < -0.39 is 0 Å². The van der Waals surface area contributed by atoms with Gasteiger partial charge in [-0.1, -0.05) is 33.6 Å². The fraction of sp³-hybridized carbons (Fsp3) is 1.00. The molecule has 0 aromatic heterocycles. The summed E-state index contributed by atoms with van der Waals surface area (Å²) in [7, 11) is 0. The molecule has 0 saturated heterocycles. The minimum Gasteiger partial charge on any atom is -0.237 e. The fourth-order valence-electron chi connectivity index (χ4n) is 1.21. The smallest absolute Gasteiger partial charge is 0.0825 e. The molecular formula is C9H19O. The first-order valence-electron chi connectivity index (χ1n) is 4.30. The van der Waals surface area contributed by atoms with Crippen LogP contribution in [0.1, 0.15) is 40.0 Å². The van der Waals surface area contributed by atoms with Crippen LogP contribution in [0.15, 0.2) is 0 Å². The third-order valence-electron chi connectivity index (χ3n) is 2.29. The summed E-state index contributed by atoms with van der Waals surface area (Å²) in [5.74, 6) is 1.36. The van der Waals surface area contributed by atoms with Crippen molar-refractivity contribution in [3.05, 3.63) is 0 Å². The molecule has 0 spiro atoms. The molecule has 0 aliphatic rings. The maximum atomic E-state index is 10.2. The van der Waals surface area contributed by atoms with Gasteiger partial charge in [0.25, 0.3) is 0 Å². The molecule has 0 aliphatic heterocycles. The van der Waals surface area contributed by atoms with Crippen LogP contribution in [0.2, 0.25) is 0 Å². The van der Waals surface area contributed by atoms with Gasteiger partial charge in [0.2, 0.25) is 0 Å². The van der Waals surface area contributed by atoms with Gasteiger partial charge in [0.1, 0.15) is 0 Å². The standard InChI is InChI=1S/C9H19O/c1-4-5-8(2)9(3)6-7-10/h8-9H,4-7H2,1-3H3. The average Bonchev–Trinajstić information content (AvgIpc) is 1.89. The first-order chi connectivity index (χ1) is 4.72. The van der Waals surface area contributed by atoms with Crippen LogP contribution in [0.25, 0.3) is 0 Å². The topological polar surface area (TPSA) is 19.9 Å². The quantitative estimate of drug-likeness (QED) is 0.564. The molecule has 2 atom stereocenters. The minimum atomic E-state index is 0.0925. The van der Waals surface area contributed by atoms with Crippen molar-refractivity contribution in [2.45, 2.75) is 40.0 Å². The molecule has 0 rings (SSSR count). The van der Waals surface area contributed by atoms with Crippen LogP contribution in [0.4, 0.5) is 0 Å². The molecule has 10 heavy (non-hydrogen) atoms. The summed E-state index contributed by atoms with van der Waals surface area (Å²) in [6, 6.07) is 0. The van der Waals surface area contributed by atoms with Crippen LogP contribution in [-0.4, -0.2) is 6.61 Å².